The Labute approximate surface area is 765 Å². The summed E-state index contributed by atoms with van der Waals surface area (Å²) in [6.07, 6.45) is 7.36. The third-order valence-corrected chi connectivity index (χ3v) is 22.4. The van der Waals surface area contributed by atoms with Crippen molar-refractivity contribution in [1.29, 1.82) is 0 Å². The topological polar surface area (TPSA) is 551 Å². The van der Waals surface area contributed by atoms with Gasteiger partial charge in [-0.1, -0.05) is 125 Å². The first-order chi connectivity index (χ1) is 64.2. The maximum atomic E-state index is 14.6. The number of halogens is 5. The first kappa shape index (κ1) is 88.9. The zero-order chi connectivity index (χ0) is 93.3. The predicted octanol–water partition coefficient (Wildman–Crippen LogP) is 14.5. The van der Waals surface area contributed by atoms with Gasteiger partial charge in [-0.15, -0.1) is 10.2 Å². The van der Waals surface area contributed by atoms with Gasteiger partial charge in [0.1, 0.15) is 135 Å². The number of fused-ring (bicyclic) bond motifs is 4. The zero-order valence-electron chi connectivity index (χ0n) is 71.8. The molecule has 12 aromatic heterocycles. The zero-order valence-corrected chi connectivity index (χ0v) is 74.1. The standard InChI is InChI=1S/C23H19ClN8O2.C23H19FN8O2.C21H20ClFN8O2.C21H21ClN8O2/c1-12(28-20-18(19(25)26-11-27-20)22-31-30-13(2)34-22)21-29-16-10-6-9-15(24)17(16)23(33)32(21)14-7-4-3-5-8-14;1-12(28-20-18(19(25)26-11-27-20)22-29-13(2)31-34-22)21-30-16-10-6-9-15(24)17(16)23(33)32(21)14-7-4-3-5-8-14;1-3-12(28-18-16(17(24)25-8-26-18)20-27-9(2)30-33-20)19-29-13-6-4-5-10(22)15(13)21(32)31(19)14-7-11(14)23;1-3-14-28-19(29-32-14)16-17(23)24-9-25-18(16)26-10(2)20-27-13-6-4-5-12(22)15(13)21(31)30(20)11-7-8-11/h2*3-12H,1-2H3,(H3,25,26,27,28);4-6,8,11-12,14H,3,7H2,1-2H3,(H3,24,25,26,28);4-6,9-11H,3,7-8H2,1-2H3,(H3,23,24,25,26)/t2*12-;11-,12-,14+;10-/m0000/s1. The molecule has 45 heteroatoms. The third-order valence-electron chi connectivity index (χ3n) is 21.5. The number of aromatic nitrogens is 24. The lowest BCUT2D eigenvalue weighted by molar-refractivity contribution is 0.383. The molecule has 0 aliphatic heterocycles. The lowest BCUT2D eigenvalue weighted by Gasteiger charge is -2.23. The van der Waals surface area contributed by atoms with Crippen molar-refractivity contribution in [1.82, 2.24) is 119 Å². The smallest absolute Gasteiger partial charge is 0.269 e. The van der Waals surface area contributed by atoms with Crippen molar-refractivity contribution in [2.75, 3.05) is 44.2 Å². The molecule has 12 N–H and O–H groups in total. The van der Waals surface area contributed by atoms with Crippen molar-refractivity contribution >= 4 is 125 Å². The van der Waals surface area contributed by atoms with E-state index in [2.05, 4.69) is 107 Å². The molecule has 6 atom stereocenters. The summed E-state index contributed by atoms with van der Waals surface area (Å²) < 4.78 is 56.1. The quantitative estimate of drug-likeness (QED) is 0.0312. The van der Waals surface area contributed by atoms with Crippen LogP contribution in [-0.2, 0) is 6.42 Å². The van der Waals surface area contributed by atoms with E-state index in [1.807, 2.05) is 64.1 Å². The highest BCUT2D eigenvalue weighted by molar-refractivity contribution is 6.36. The Morgan fingerprint density at radius 1 is 0.444 bits per heavy atom. The number of hydrogen-bond acceptors (Lipinski definition) is 36. The van der Waals surface area contributed by atoms with Crippen LogP contribution in [0, 0.1) is 26.6 Å². The van der Waals surface area contributed by atoms with E-state index in [0.717, 1.165) is 12.8 Å². The van der Waals surface area contributed by atoms with E-state index in [9.17, 15) is 28.0 Å². The molecule has 2 fully saturated rings. The van der Waals surface area contributed by atoms with Crippen LogP contribution in [0.15, 0.2) is 196 Å². The molecule has 0 radical (unpaired) electrons. The Kier molecular flexibility index (Phi) is 25.1. The normalized spacial score (nSPS) is 14.3. The Balaban J connectivity index is 0.000000124. The van der Waals surface area contributed by atoms with Gasteiger partial charge in [0.2, 0.25) is 17.6 Å². The second-order valence-electron chi connectivity index (χ2n) is 30.7. The summed E-state index contributed by atoms with van der Waals surface area (Å²) in [6, 6.07) is 35.6. The fourth-order valence-electron chi connectivity index (χ4n) is 15.0. The Hall–Kier alpha value is -16.1. The van der Waals surface area contributed by atoms with Crippen LogP contribution >= 0.6 is 34.8 Å². The van der Waals surface area contributed by atoms with Crippen molar-refractivity contribution in [2.24, 2.45) is 0 Å². The van der Waals surface area contributed by atoms with Crippen LogP contribution in [-0.4, -0.2) is 125 Å². The number of anilines is 8. The number of hydrogen-bond donors (Lipinski definition) is 8. The molecule has 2 aliphatic carbocycles. The van der Waals surface area contributed by atoms with Gasteiger partial charge in [0.25, 0.3) is 39.9 Å². The Morgan fingerprint density at radius 2 is 0.850 bits per heavy atom. The third kappa shape index (κ3) is 18.0. The van der Waals surface area contributed by atoms with E-state index < -0.39 is 41.7 Å². The second kappa shape index (κ2) is 37.5. The van der Waals surface area contributed by atoms with Crippen molar-refractivity contribution in [3.8, 4) is 57.1 Å². The molecule has 0 bridgehead atoms. The van der Waals surface area contributed by atoms with Crippen LogP contribution in [0.2, 0.25) is 15.1 Å². The van der Waals surface area contributed by atoms with E-state index in [1.165, 1.54) is 51.1 Å². The number of alkyl halides is 1. The highest BCUT2D eigenvalue weighted by atomic mass is 35.5. The maximum Gasteiger partial charge on any atom is 0.269 e. The van der Waals surface area contributed by atoms with Crippen molar-refractivity contribution in [2.45, 2.75) is 130 Å². The summed E-state index contributed by atoms with van der Waals surface area (Å²) in [5.74, 6) is 5.77. The highest BCUT2D eigenvalue weighted by Gasteiger charge is 2.43. The number of nitrogens with one attached hydrogen (secondary N) is 4. The maximum absolute atomic E-state index is 14.6. The number of rotatable bonds is 22. The molecule has 0 saturated heterocycles. The lowest BCUT2D eigenvalue weighted by atomic mass is 10.1. The number of nitrogens with two attached hydrogens (primary N) is 4. The summed E-state index contributed by atoms with van der Waals surface area (Å²) in [5, 5.41) is 34.6. The Bertz CT molecular complexity index is 7490. The molecular formula is C88H79Cl3F2N32O8. The predicted molar refractivity (Wildman–Crippen MR) is 494 cm³/mol. The minimum absolute atomic E-state index is 0.0874. The molecule has 0 spiro atoms. The largest absolute Gasteiger partial charge is 0.421 e. The first-order valence-electron chi connectivity index (χ1n) is 41.6. The number of nitrogen functional groups attached to an aromatic ring is 4. The van der Waals surface area contributed by atoms with Crippen LogP contribution in [0.1, 0.15) is 143 Å². The van der Waals surface area contributed by atoms with Crippen LogP contribution in [0.4, 0.5) is 55.3 Å². The number of nitrogens with zero attached hydrogens (tertiary/aromatic N) is 24. The molecule has 18 aromatic rings. The summed E-state index contributed by atoms with van der Waals surface area (Å²) in [6.45, 7) is 14.4. The molecule has 2 aliphatic rings. The molecular weight excluding hydrogens is 1780 g/mol. The van der Waals surface area contributed by atoms with E-state index in [1.54, 1.807) is 117 Å². The average Bonchev–Trinajstić information content (AvgIpc) is 1.23. The number of aryl methyl sites for hydroxylation is 4. The SMILES string of the molecule is CC[C@H](Nc1ncnc(N)c1-c1nc(C)no1)c1nc2cccc(Cl)c2c(=O)n1[C@@H]1C[C@@H]1F.CCc1nc(-c2c(N)ncnc2N[C@@H](C)c2nc3cccc(Cl)c3c(=O)n2C2CC2)no1.Cc1nnc(-c2c(N)ncnc2N[C@@H](C)c2nc3cccc(Cl)c3c(=O)n2-c2ccccc2)o1.Cc1noc(-c2c(N)ncnc2N[C@@H](C)c2nc3cccc(F)c3c(=O)n2-c2ccccc2)n1. The van der Waals surface area contributed by atoms with Crippen molar-refractivity contribution in [3.05, 3.63) is 268 Å². The number of benzene rings is 6. The number of para-hydroxylation sites is 2. The summed E-state index contributed by atoms with van der Waals surface area (Å²) >= 11 is 19.0. The summed E-state index contributed by atoms with van der Waals surface area (Å²) in [7, 11) is 0. The molecule has 0 amide bonds. The molecule has 20 rings (SSSR count). The molecule has 674 valence electrons. The minimum atomic E-state index is -1.12. The summed E-state index contributed by atoms with van der Waals surface area (Å²) in [5.41, 5.74) is 27.5. The molecule has 12 heterocycles. The van der Waals surface area contributed by atoms with Gasteiger partial charge in [-0.05, 0) is 127 Å². The summed E-state index contributed by atoms with van der Waals surface area (Å²) in [4.78, 5) is 119. The van der Waals surface area contributed by atoms with Gasteiger partial charge in [0, 0.05) is 25.8 Å². The van der Waals surface area contributed by atoms with Gasteiger partial charge in [0.15, 0.2) is 11.6 Å². The molecule has 6 aromatic carbocycles. The van der Waals surface area contributed by atoms with Crippen molar-refractivity contribution < 1.29 is 26.8 Å². The van der Waals surface area contributed by atoms with Gasteiger partial charge in [-0.3, -0.25) is 37.4 Å². The molecule has 133 heavy (non-hydrogen) atoms. The first-order valence-corrected chi connectivity index (χ1v) is 42.7. The van der Waals surface area contributed by atoms with Crippen LogP contribution in [0.5, 0.6) is 0 Å². The monoisotopic (exact) mass is 1850 g/mol. The van der Waals surface area contributed by atoms with Crippen molar-refractivity contribution in [3.63, 3.8) is 0 Å². The van der Waals surface area contributed by atoms with Gasteiger partial charge < -0.3 is 62.2 Å². The molecule has 40 nitrogen and oxygen atoms in total. The molecule has 2 saturated carbocycles. The van der Waals surface area contributed by atoms with E-state index >= 15 is 0 Å². The average molecular weight is 1860 g/mol. The lowest BCUT2D eigenvalue weighted by Crippen LogP contribution is -2.29. The van der Waals surface area contributed by atoms with E-state index in [4.69, 9.17) is 90.7 Å². The fraction of sp³-hybridized carbons (Fsp3) is 0.227. The van der Waals surface area contributed by atoms with Crippen LogP contribution < -0.4 is 66.4 Å². The Morgan fingerprint density at radius 3 is 1.28 bits per heavy atom. The van der Waals surface area contributed by atoms with Crippen LogP contribution in [0.25, 0.3) is 101 Å². The van der Waals surface area contributed by atoms with E-state index in [-0.39, 0.29) is 97.4 Å². The van der Waals surface area contributed by atoms with Gasteiger partial charge in [0.05, 0.1) is 94.9 Å². The van der Waals surface area contributed by atoms with Gasteiger partial charge in [-0.2, -0.15) is 15.0 Å². The highest BCUT2D eigenvalue weighted by Crippen LogP contribution is 2.44. The molecule has 0 unspecified atom stereocenters. The fourth-order valence-corrected chi connectivity index (χ4v) is 15.7. The minimum Gasteiger partial charge on any atom is -0.421 e. The van der Waals surface area contributed by atoms with Gasteiger partial charge in [-0.25, -0.2) is 68.6 Å². The second-order valence-corrected chi connectivity index (χ2v) is 31.9. The van der Waals surface area contributed by atoms with E-state index in [0.29, 0.717) is 160 Å². The van der Waals surface area contributed by atoms with Crippen LogP contribution in [0.3, 0.4) is 0 Å². The van der Waals surface area contributed by atoms with Gasteiger partial charge >= 0.3 is 0 Å².